The number of rotatable bonds is 3. The number of hydrogen-bond donors (Lipinski definition) is 1. The summed E-state index contributed by atoms with van der Waals surface area (Å²) in [6.07, 6.45) is 4.25. The van der Waals surface area contributed by atoms with E-state index < -0.39 is 0 Å². The van der Waals surface area contributed by atoms with Crippen LogP contribution < -0.4 is 5.32 Å². The Morgan fingerprint density at radius 2 is 2.25 bits per heavy atom. The molecule has 2 rings (SSSR count). The Labute approximate surface area is 75.3 Å². The molecule has 0 aromatic rings. The van der Waals surface area contributed by atoms with Crippen molar-refractivity contribution in [2.75, 3.05) is 26.2 Å². The fraction of sp³-hybridized carbons (Fsp3) is 1.00. The van der Waals surface area contributed by atoms with Gasteiger partial charge in [0, 0.05) is 6.04 Å². The van der Waals surface area contributed by atoms with Gasteiger partial charge in [0.25, 0.3) is 0 Å². The highest BCUT2D eigenvalue weighted by atomic mass is 15.2. The molecule has 0 radical (unpaired) electrons. The second kappa shape index (κ2) is 3.75. The Balaban J connectivity index is 1.64. The third-order valence-electron chi connectivity index (χ3n) is 3.38. The largest absolute Gasteiger partial charge is 0.316 e. The Morgan fingerprint density at radius 1 is 1.42 bits per heavy atom. The molecule has 0 saturated carbocycles. The highest BCUT2D eigenvalue weighted by molar-refractivity contribution is 4.79. The second-order valence-corrected chi connectivity index (χ2v) is 4.34. The fourth-order valence-corrected chi connectivity index (χ4v) is 2.23. The lowest BCUT2D eigenvalue weighted by Gasteiger charge is -2.30. The summed E-state index contributed by atoms with van der Waals surface area (Å²) >= 11 is 0. The summed E-state index contributed by atoms with van der Waals surface area (Å²) in [4.78, 5) is 2.65. The minimum absolute atomic E-state index is 0.859. The topological polar surface area (TPSA) is 15.3 Å². The Hall–Kier alpha value is -0.0800. The quantitative estimate of drug-likeness (QED) is 0.678. The Kier molecular flexibility index (Phi) is 2.66. The second-order valence-electron chi connectivity index (χ2n) is 4.34. The standard InChI is InChI=1S/C10H20N2/c1-9-3-2-5-12(9)6-4-10-7-11-8-10/h9-11H,2-8H2,1H3. The molecular weight excluding hydrogens is 148 g/mol. The van der Waals surface area contributed by atoms with Crippen LogP contribution in [-0.4, -0.2) is 37.1 Å². The van der Waals surface area contributed by atoms with Crippen LogP contribution in [0.3, 0.4) is 0 Å². The minimum Gasteiger partial charge on any atom is -0.316 e. The summed E-state index contributed by atoms with van der Waals surface area (Å²) in [5.74, 6) is 0.984. The third-order valence-corrected chi connectivity index (χ3v) is 3.38. The molecule has 2 heteroatoms. The van der Waals surface area contributed by atoms with Gasteiger partial charge >= 0.3 is 0 Å². The zero-order valence-electron chi connectivity index (χ0n) is 8.05. The predicted molar refractivity (Wildman–Crippen MR) is 51.2 cm³/mol. The normalized spacial score (nSPS) is 32.2. The molecule has 0 spiro atoms. The van der Waals surface area contributed by atoms with Crippen molar-refractivity contribution < 1.29 is 0 Å². The molecule has 1 N–H and O–H groups in total. The van der Waals surface area contributed by atoms with E-state index >= 15 is 0 Å². The van der Waals surface area contributed by atoms with Crippen molar-refractivity contribution in [3.8, 4) is 0 Å². The van der Waals surface area contributed by atoms with Crippen molar-refractivity contribution in [3.63, 3.8) is 0 Å². The molecule has 1 unspecified atom stereocenters. The molecule has 0 aromatic carbocycles. The molecule has 0 amide bonds. The van der Waals surface area contributed by atoms with Gasteiger partial charge in [-0.2, -0.15) is 0 Å². The molecular formula is C10H20N2. The van der Waals surface area contributed by atoms with Crippen LogP contribution in [0.4, 0.5) is 0 Å². The summed E-state index contributed by atoms with van der Waals surface area (Å²) in [7, 11) is 0. The van der Waals surface area contributed by atoms with E-state index in [1.807, 2.05) is 0 Å². The van der Waals surface area contributed by atoms with Crippen LogP contribution in [0.1, 0.15) is 26.2 Å². The van der Waals surface area contributed by atoms with E-state index in [0.29, 0.717) is 0 Å². The van der Waals surface area contributed by atoms with E-state index in [0.717, 1.165) is 12.0 Å². The molecule has 12 heavy (non-hydrogen) atoms. The molecule has 0 aliphatic carbocycles. The van der Waals surface area contributed by atoms with Gasteiger partial charge in [0.1, 0.15) is 0 Å². The van der Waals surface area contributed by atoms with Crippen LogP contribution in [0.5, 0.6) is 0 Å². The van der Waals surface area contributed by atoms with Crippen molar-refractivity contribution in [1.29, 1.82) is 0 Å². The van der Waals surface area contributed by atoms with Crippen LogP contribution in [-0.2, 0) is 0 Å². The van der Waals surface area contributed by atoms with E-state index in [9.17, 15) is 0 Å². The van der Waals surface area contributed by atoms with Crippen LogP contribution in [0.15, 0.2) is 0 Å². The number of hydrogen-bond acceptors (Lipinski definition) is 2. The van der Waals surface area contributed by atoms with Gasteiger partial charge in [-0.05, 0) is 58.3 Å². The Morgan fingerprint density at radius 3 is 2.75 bits per heavy atom. The van der Waals surface area contributed by atoms with Crippen molar-refractivity contribution in [2.45, 2.75) is 32.2 Å². The lowest BCUT2D eigenvalue weighted by atomic mass is 9.99. The van der Waals surface area contributed by atoms with Crippen molar-refractivity contribution >= 4 is 0 Å². The van der Waals surface area contributed by atoms with Gasteiger partial charge in [0.15, 0.2) is 0 Å². The summed E-state index contributed by atoms with van der Waals surface area (Å²) in [6, 6.07) is 0.859. The lowest BCUT2D eigenvalue weighted by molar-refractivity contribution is 0.221. The van der Waals surface area contributed by atoms with Crippen LogP contribution in [0.2, 0.25) is 0 Å². The molecule has 1 atom stereocenters. The van der Waals surface area contributed by atoms with Crippen LogP contribution in [0, 0.1) is 5.92 Å². The highest BCUT2D eigenvalue weighted by Crippen LogP contribution is 2.18. The third kappa shape index (κ3) is 1.80. The summed E-state index contributed by atoms with van der Waals surface area (Å²) < 4.78 is 0. The summed E-state index contributed by atoms with van der Waals surface area (Å²) in [5, 5.41) is 3.33. The number of nitrogens with zero attached hydrogens (tertiary/aromatic N) is 1. The molecule has 0 bridgehead atoms. The van der Waals surface area contributed by atoms with E-state index in [1.165, 1.54) is 45.4 Å². The van der Waals surface area contributed by atoms with Crippen molar-refractivity contribution in [3.05, 3.63) is 0 Å². The number of nitrogens with one attached hydrogen (secondary N) is 1. The molecule has 2 saturated heterocycles. The first-order chi connectivity index (χ1) is 5.86. The Bertz CT molecular complexity index is 143. The van der Waals surface area contributed by atoms with Crippen LogP contribution in [0.25, 0.3) is 0 Å². The molecule has 2 aliphatic heterocycles. The highest BCUT2D eigenvalue weighted by Gasteiger charge is 2.22. The molecule has 0 aromatic heterocycles. The lowest BCUT2D eigenvalue weighted by Crippen LogP contribution is -2.43. The zero-order chi connectivity index (χ0) is 8.39. The van der Waals surface area contributed by atoms with Crippen molar-refractivity contribution in [2.24, 2.45) is 5.92 Å². The zero-order valence-corrected chi connectivity index (χ0v) is 8.05. The van der Waals surface area contributed by atoms with Crippen molar-refractivity contribution in [1.82, 2.24) is 10.2 Å². The maximum Gasteiger partial charge on any atom is 0.00674 e. The van der Waals surface area contributed by atoms with Crippen LogP contribution >= 0.6 is 0 Å². The average molecular weight is 168 g/mol. The monoisotopic (exact) mass is 168 g/mol. The molecule has 2 fully saturated rings. The first-order valence-corrected chi connectivity index (χ1v) is 5.31. The molecule has 2 heterocycles. The summed E-state index contributed by atoms with van der Waals surface area (Å²) in [5.41, 5.74) is 0. The van der Waals surface area contributed by atoms with Gasteiger partial charge < -0.3 is 10.2 Å². The first-order valence-electron chi connectivity index (χ1n) is 5.31. The van der Waals surface area contributed by atoms with Gasteiger partial charge in [-0.25, -0.2) is 0 Å². The maximum absolute atomic E-state index is 3.33. The SMILES string of the molecule is CC1CCCN1CCC1CNC1. The van der Waals surface area contributed by atoms with E-state index in [4.69, 9.17) is 0 Å². The van der Waals surface area contributed by atoms with E-state index in [1.54, 1.807) is 0 Å². The van der Waals surface area contributed by atoms with Gasteiger partial charge in [-0.1, -0.05) is 0 Å². The van der Waals surface area contributed by atoms with Gasteiger partial charge in [0.2, 0.25) is 0 Å². The maximum atomic E-state index is 3.33. The molecule has 2 aliphatic rings. The average Bonchev–Trinajstić information content (AvgIpc) is 2.33. The molecule has 70 valence electrons. The van der Waals surface area contributed by atoms with E-state index in [-0.39, 0.29) is 0 Å². The first kappa shape index (κ1) is 8.52. The fourth-order valence-electron chi connectivity index (χ4n) is 2.23. The smallest absolute Gasteiger partial charge is 0.00674 e. The van der Waals surface area contributed by atoms with Gasteiger partial charge in [-0.15, -0.1) is 0 Å². The van der Waals surface area contributed by atoms with E-state index in [2.05, 4.69) is 17.1 Å². The minimum atomic E-state index is 0.859. The van der Waals surface area contributed by atoms with Gasteiger partial charge in [0.05, 0.1) is 0 Å². The van der Waals surface area contributed by atoms with Gasteiger partial charge in [-0.3, -0.25) is 0 Å². The predicted octanol–water partition coefficient (Wildman–Crippen LogP) is 1.08. The molecule has 2 nitrogen and oxygen atoms in total. The summed E-state index contributed by atoms with van der Waals surface area (Å²) in [6.45, 7) is 7.59. The number of likely N-dealkylation sites (tertiary alicyclic amines) is 1.